The lowest BCUT2D eigenvalue weighted by Crippen LogP contribution is -2.26. The Morgan fingerprint density at radius 2 is 2.16 bits per heavy atom. The molecule has 0 bridgehead atoms. The third kappa shape index (κ3) is 4.37. The van der Waals surface area contributed by atoms with Gasteiger partial charge in [-0.05, 0) is 23.6 Å². The van der Waals surface area contributed by atoms with Crippen LogP contribution in [0.3, 0.4) is 0 Å². The number of carbonyl (C=O) groups excluding carboxylic acids is 2. The highest BCUT2D eigenvalue weighted by Crippen LogP contribution is 2.30. The standard InChI is InChI=1S/C16H16N2O5S2/c19-15(17-9-11-2-1-6-24-11)5-7-25(21,22)12-3-4-13-14(8-12)23-10-16(20)18-13/h1-4,6,8H,5,7,9-10H2,(H,17,19)(H,18,20). The zero-order valence-corrected chi connectivity index (χ0v) is 14.8. The Bertz CT molecular complexity index is 891. The summed E-state index contributed by atoms with van der Waals surface area (Å²) in [6.45, 7) is 0.241. The van der Waals surface area contributed by atoms with Gasteiger partial charge in [0.2, 0.25) is 5.91 Å². The zero-order chi connectivity index (χ0) is 17.9. The molecule has 0 aliphatic carbocycles. The molecular weight excluding hydrogens is 364 g/mol. The molecule has 2 heterocycles. The number of nitrogens with one attached hydrogen (secondary N) is 2. The topological polar surface area (TPSA) is 102 Å². The molecule has 3 rings (SSSR count). The summed E-state index contributed by atoms with van der Waals surface area (Å²) < 4.78 is 30.0. The predicted octanol–water partition coefficient (Wildman–Crippen LogP) is 1.56. The molecule has 0 radical (unpaired) electrons. The molecule has 0 atom stereocenters. The molecule has 2 aromatic rings. The molecule has 1 aliphatic rings. The Labute approximate surface area is 148 Å². The Morgan fingerprint density at radius 1 is 1.32 bits per heavy atom. The van der Waals surface area contributed by atoms with E-state index >= 15 is 0 Å². The van der Waals surface area contributed by atoms with Crippen molar-refractivity contribution in [2.45, 2.75) is 17.9 Å². The number of rotatable bonds is 6. The Hall–Kier alpha value is -2.39. The van der Waals surface area contributed by atoms with Crippen molar-refractivity contribution in [2.75, 3.05) is 17.7 Å². The average Bonchev–Trinajstić information content (AvgIpc) is 3.11. The summed E-state index contributed by atoms with van der Waals surface area (Å²) in [4.78, 5) is 24.1. The zero-order valence-electron chi connectivity index (χ0n) is 13.2. The van der Waals surface area contributed by atoms with E-state index in [4.69, 9.17) is 4.74 Å². The van der Waals surface area contributed by atoms with E-state index in [1.165, 1.54) is 29.5 Å². The SMILES string of the molecule is O=C(CCS(=O)(=O)c1ccc2c(c1)OCC(=O)N2)NCc1cccs1. The van der Waals surface area contributed by atoms with Crippen LogP contribution in [0.2, 0.25) is 0 Å². The molecule has 0 unspecified atom stereocenters. The van der Waals surface area contributed by atoms with Crippen molar-refractivity contribution in [2.24, 2.45) is 0 Å². The maximum Gasteiger partial charge on any atom is 0.262 e. The lowest BCUT2D eigenvalue weighted by molar-refractivity contribution is -0.121. The largest absolute Gasteiger partial charge is 0.482 e. The highest BCUT2D eigenvalue weighted by atomic mass is 32.2. The number of thiophene rings is 1. The monoisotopic (exact) mass is 380 g/mol. The molecule has 1 aromatic carbocycles. The van der Waals surface area contributed by atoms with Crippen molar-refractivity contribution < 1.29 is 22.7 Å². The van der Waals surface area contributed by atoms with Crippen LogP contribution >= 0.6 is 11.3 Å². The van der Waals surface area contributed by atoms with Gasteiger partial charge < -0.3 is 15.4 Å². The summed E-state index contributed by atoms with van der Waals surface area (Å²) in [7, 11) is -3.63. The second-order valence-electron chi connectivity index (χ2n) is 5.42. The van der Waals surface area contributed by atoms with E-state index in [1.807, 2.05) is 17.5 Å². The van der Waals surface area contributed by atoms with E-state index in [9.17, 15) is 18.0 Å². The summed E-state index contributed by atoms with van der Waals surface area (Å²) in [5.41, 5.74) is 0.434. The van der Waals surface area contributed by atoms with Crippen molar-refractivity contribution in [3.05, 3.63) is 40.6 Å². The maximum absolute atomic E-state index is 12.4. The fourth-order valence-corrected chi connectivity index (χ4v) is 4.18. The first-order valence-electron chi connectivity index (χ1n) is 7.52. The quantitative estimate of drug-likeness (QED) is 0.792. The van der Waals surface area contributed by atoms with E-state index < -0.39 is 9.84 Å². The summed E-state index contributed by atoms with van der Waals surface area (Å²) >= 11 is 1.52. The third-order valence-corrected chi connectivity index (χ3v) is 6.17. The molecule has 0 saturated carbocycles. The van der Waals surface area contributed by atoms with Crippen LogP contribution in [0.5, 0.6) is 5.75 Å². The van der Waals surface area contributed by atoms with Crippen LogP contribution in [-0.2, 0) is 26.0 Å². The smallest absolute Gasteiger partial charge is 0.262 e. The number of ether oxygens (including phenoxy) is 1. The van der Waals surface area contributed by atoms with Crippen molar-refractivity contribution in [1.82, 2.24) is 5.32 Å². The van der Waals surface area contributed by atoms with E-state index in [1.54, 1.807) is 0 Å². The van der Waals surface area contributed by atoms with Gasteiger partial charge >= 0.3 is 0 Å². The molecule has 9 heteroatoms. The second-order valence-corrected chi connectivity index (χ2v) is 8.56. The Kier molecular flexibility index (Phi) is 5.05. The van der Waals surface area contributed by atoms with Gasteiger partial charge in [0.05, 0.1) is 22.9 Å². The van der Waals surface area contributed by atoms with E-state index in [0.717, 1.165) is 4.88 Å². The number of sulfone groups is 1. The van der Waals surface area contributed by atoms with Gasteiger partial charge in [0, 0.05) is 17.4 Å². The second kappa shape index (κ2) is 7.24. The number of anilines is 1. The number of hydrogen-bond donors (Lipinski definition) is 2. The van der Waals surface area contributed by atoms with Gasteiger partial charge in [0.15, 0.2) is 16.4 Å². The maximum atomic E-state index is 12.4. The van der Waals surface area contributed by atoms with Gasteiger partial charge in [-0.1, -0.05) is 6.07 Å². The number of benzene rings is 1. The van der Waals surface area contributed by atoms with Crippen LogP contribution in [0, 0.1) is 0 Å². The molecule has 0 fully saturated rings. The molecule has 25 heavy (non-hydrogen) atoms. The van der Waals surface area contributed by atoms with Gasteiger partial charge in [0.1, 0.15) is 5.75 Å². The van der Waals surface area contributed by atoms with E-state index in [-0.39, 0.29) is 35.5 Å². The van der Waals surface area contributed by atoms with E-state index in [0.29, 0.717) is 18.0 Å². The highest BCUT2D eigenvalue weighted by Gasteiger charge is 2.21. The van der Waals surface area contributed by atoms with Gasteiger partial charge in [-0.2, -0.15) is 0 Å². The van der Waals surface area contributed by atoms with Gasteiger partial charge in [-0.3, -0.25) is 9.59 Å². The Morgan fingerprint density at radius 3 is 2.92 bits per heavy atom. The molecule has 2 amide bonds. The molecule has 1 aliphatic heterocycles. The summed E-state index contributed by atoms with van der Waals surface area (Å²) in [5, 5.41) is 7.20. The fourth-order valence-electron chi connectivity index (χ4n) is 2.28. The lowest BCUT2D eigenvalue weighted by Gasteiger charge is -2.18. The minimum atomic E-state index is -3.63. The van der Waals surface area contributed by atoms with E-state index in [2.05, 4.69) is 10.6 Å². The number of fused-ring (bicyclic) bond motifs is 1. The van der Waals surface area contributed by atoms with Crippen LogP contribution in [0.15, 0.2) is 40.6 Å². The van der Waals surface area contributed by atoms with Gasteiger partial charge in [-0.15, -0.1) is 11.3 Å². The number of carbonyl (C=O) groups is 2. The van der Waals surface area contributed by atoms with Crippen LogP contribution < -0.4 is 15.4 Å². The van der Waals surface area contributed by atoms with Crippen LogP contribution in [0.25, 0.3) is 0 Å². The molecule has 0 spiro atoms. The van der Waals surface area contributed by atoms with Crippen LogP contribution in [-0.4, -0.2) is 32.6 Å². The number of amides is 2. The summed E-state index contributed by atoms with van der Waals surface area (Å²) in [6, 6.07) is 8.03. The van der Waals surface area contributed by atoms with Crippen LogP contribution in [0.1, 0.15) is 11.3 Å². The number of hydrogen-bond acceptors (Lipinski definition) is 6. The molecule has 7 nitrogen and oxygen atoms in total. The van der Waals surface area contributed by atoms with Crippen molar-refractivity contribution in [1.29, 1.82) is 0 Å². The third-order valence-electron chi connectivity index (χ3n) is 3.58. The minimum Gasteiger partial charge on any atom is -0.482 e. The summed E-state index contributed by atoms with van der Waals surface area (Å²) in [5.74, 6) is -0.596. The first kappa shape index (κ1) is 17.4. The average molecular weight is 380 g/mol. The fraction of sp³-hybridized carbons (Fsp3) is 0.250. The normalized spacial score (nSPS) is 13.5. The lowest BCUT2D eigenvalue weighted by atomic mass is 10.2. The first-order valence-corrected chi connectivity index (χ1v) is 10.1. The molecule has 132 valence electrons. The molecule has 2 N–H and O–H groups in total. The van der Waals surface area contributed by atoms with Crippen molar-refractivity contribution in [3.8, 4) is 5.75 Å². The highest BCUT2D eigenvalue weighted by molar-refractivity contribution is 7.91. The Balaban J connectivity index is 1.60. The predicted molar refractivity (Wildman–Crippen MR) is 93.4 cm³/mol. The first-order chi connectivity index (χ1) is 11.9. The van der Waals surface area contributed by atoms with Crippen molar-refractivity contribution in [3.63, 3.8) is 0 Å². The molecular formula is C16H16N2O5S2. The summed E-state index contributed by atoms with van der Waals surface area (Å²) in [6.07, 6.45) is -0.123. The van der Waals surface area contributed by atoms with Crippen LogP contribution in [0.4, 0.5) is 5.69 Å². The molecule has 1 aromatic heterocycles. The minimum absolute atomic E-state index is 0.0634. The van der Waals surface area contributed by atoms with Gasteiger partial charge in [-0.25, -0.2) is 8.42 Å². The molecule has 0 saturated heterocycles. The van der Waals surface area contributed by atoms with Crippen molar-refractivity contribution >= 4 is 38.7 Å². The van der Waals surface area contributed by atoms with Gasteiger partial charge in [0.25, 0.3) is 5.91 Å².